The molecule has 0 radical (unpaired) electrons. The Morgan fingerprint density at radius 1 is 1.60 bits per heavy atom. The van der Waals surface area contributed by atoms with Gasteiger partial charge in [0.05, 0.1) is 6.61 Å². The van der Waals surface area contributed by atoms with E-state index in [0.717, 1.165) is 5.57 Å². The fourth-order valence-corrected chi connectivity index (χ4v) is 0.684. The van der Waals surface area contributed by atoms with Gasteiger partial charge in [-0.15, -0.1) is 0 Å². The van der Waals surface area contributed by atoms with E-state index in [-0.39, 0.29) is 0 Å². The molecule has 0 atom stereocenters. The number of rotatable bonds is 4. The fourth-order valence-electron chi connectivity index (χ4n) is 0.684. The van der Waals surface area contributed by atoms with E-state index >= 15 is 0 Å². The van der Waals surface area contributed by atoms with Crippen LogP contribution in [-0.4, -0.2) is 13.7 Å². The molecule has 0 spiro atoms. The third-order valence-corrected chi connectivity index (χ3v) is 1.02. The molecule has 0 N–H and O–H groups in total. The average Bonchev–Trinajstić information content (AvgIpc) is 1.90. The molecule has 0 aliphatic heterocycles. The van der Waals surface area contributed by atoms with Crippen molar-refractivity contribution in [2.75, 3.05) is 13.7 Å². The Kier molecular flexibility index (Phi) is 5.79. The van der Waals surface area contributed by atoms with E-state index in [0.29, 0.717) is 6.61 Å². The van der Waals surface area contributed by atoms with Crippen molar-refractivity contribution in [3.63, 3.8) is 0 Å². The second kappa shape index (κ2) is 6.30. The molecule has 0 saturated heterocycles. The van der Waals surface area contributed by atoms with Gasteiger partial charge in [0.2, 0.25) is 0 Å². The number of allylic oxidation sites excluding steroid dienone is 3. The zero-order valence-corrected chi connectivity index (χ0v) is 6.63. The van der Waals surface area contributed by atoms with Gasteiger partial charge in [-0.1, -0.05) is 30.9 Å². The smallest absolute Gasteiger partial charge is 0.0712 e. The third-order valence-electron chi connectivity index (χ3n) is 1.02. The molecule has 0 aromatic carbocycles. The van der Waals surface area contributed by atoms with Crippen LogP contribution in [0.5, 0.6) is 0 Å². The maximum absolute atomic E-state index is 4.94. The monoisotopic (exact) mass is 138 g/mol. The first-order valence-electron chi connectivity index (χ1n) is 3.28. The van der Waals surface area contributed by atoms with Crippen LogP contribution in [0.3, 0.4) is 0 Å². The van der Waals surface area contributed by atoms with Crippen molar-refractivity contribution < 1.29 is 4.74 Å². The molecule has 10 heavy (non-hydrogen) atoms. The highest BCUT2D eigenvalue weighted by atomic mass is 16.5. The van der Waals surface area contributed by atoms with Gasteiger partial charge in [0.15, 0.2) is 0 Å². The predicted molar refractivity (Wildman–Crippen MR) is 45.0 cm³/mol. The van der Waals surface area contributed by atoms with Crippen molar-refractivity contribution in [3.05, 3.63) is 36.5 Å². The number of hydrogen-bond acceptors (Lipinski definition) is 1. The molecule has 0 aliphatic carbocycles. The standard InChI is InChI=1S/C9H14O/c1-4-6-9(7-5-2)8-10-3/h4-7H,1,8H2,2-3H3/b7-5-,9-6+. The molecular formula is C9H14O. The molecule has 0 unspecified atom stereocenters. The number of hydrogen-bond donors (Lipinski definition) is 0. The molecule has 0 fully saturated rings. The minimum atomic E-state index is 0.649. The highest BCUT2D eigenvalue weighted by Gasteiger charge is 1.85. The maximum Gasteiger partial charge on any atom is 0.0712 e. The first-order valence-corrected chi connectivity index (χ1v) is 3.28. The first-order chi connectivity index (χ1) is 4.85. The normalized spacial score (nSPS) is 12.4. The summed E-state index contributed by atoms with van der Waals surface area (Å²) in [5, 5.41) is 0. The van der Waals surface area contributed by atoms with Crippen LogP contribution >= 0.6 is 0 Å². The van der Waals surface area contributed by atoms with Crippen LogP contribution in [0.4, 0.5) is 0 Å². The molecule has 0 aliphatic rings. The van der Waals surface area contributed by atoms with Gasteiger partial charge in [0.1, 0.15) is 0 Å². The van der Waals surface area contributed by atoms with Crippen molar-refractivity contribution in [1.29, 1.82) is 0 Å². The van der Waals surface area contributed by atoms with Crippen LogP contribution in [0, 0.1) is 0 Å². The van der Waals surface area contributed by atoms with Crippen molar-refractivity contribution in [3.8, 4) is 0 Å². The molecule has 0 heterocycles. The van der Waals surface area contributed by atoms with Crippen LogP contribution in [0.1, 0.15) is 6.92 Å². The summed E-state index contributed by atoms with van der Waals surface area (Å²) in [5.41, 5.74) is 1.14. The van der Waals surface area contributed by atoms with Crippen molar-refractivity contribution in [1.82, 2.24) is 0 Å². The van der Waals surface area contributed by atoms with Crippen LogP contribution in [0.2, 0.25) is 0 Å². The van der Waals surface area contributed by atoms with Gasteiger partial charge in [-0.3, -0.25) is 0 Å². The van der Waals surface area contributed by atoms with Gasteiger partial charge < -0.3 is 4.74 Å². The molecule has 0 saturated carbocycles. The first kappa shape index (κ1) is 9.18. The second-order valence-electron chi connectivity index (χ2n) is 1.91. The van der Waals surface area contributed by atoms with E-state index in [2.05, 4.69) is 6.58 Å². The minimum Gasteiger partial charge on any atom is -0.380 e. The predicted octanol–water partition coefficient (Wildman–Crippen LogP) is 2.32. The van der Waals surface area contributed by atoms with Crippen LogP contribution in [0.15, 0.2) is 36.5 Å². The largest absolute Gasteiger partial charge is 0.380 e. The Labute approximate surface area is 62.7 Å². The van der Waals surface area contributed by atoms with E-state index < -0.39 is 0 Å². The summed E-state index contributed by atoms with van der Waals surface area (Å²) in [4.78, 5) is 0. The summed E-state index contributed by atoms with van der Waals surface area (Å²) in [6.07, 6.45) is 7.68. The maximum atomic E-state index is 4.94. The van der Waals surface area contributed by atoms with Gasteiger partial charge in [-0.25, -0.2) is 0 Å². The fraction of sp³-hybridized carbons (Fsp3) is 0.333. The number of methoxy groups -OCH3 is 1. The van der Waals surface area contributed by atoms with E-state index in [1.165, 1.54) is 0 Å². The van der Waals surface area contributed by atoms with E-state index in [9.17, 15) is 0 Å². The Morgan fingerprint density at radius 3 is 2.70 bits per heavy atom. The van der Waals surface area contributed by atoms with Gasteiger partial charge in [0, 0.05) is 7.11 Å². The van der Waals surface area contributed by atoms with Gasteiger partial charge in [-0.05, 0) is 12.5 Å². The average molecular weight is 138 g/mol. The Morgan fingerprint density at radius 2 is 2.30 bits per heavy atom. The Hall–Kier alpha value is -0.820. The molecule has 1 heteroatoms. The second-order valence-corrected chi connectivity index (χ2v) is 1.91. The van der Waals surface area contributed by atoms with E-state index in [4.69, 9.17) is 4.74 Å². The topological polar surface area (TPSA) is 9.23 Å². The lowest BCUT2D eigenvalue weighted by molar-refractivity contribution is 0.228. The van der Waals surface area contributed by atoms with Crippen molar-refractivity contribution in [2.45, 2.75) is 6.92 Å². The van der Waals surface area contributed by atoms with Crippen LogP contribution in [-0.2, 0) is 4.74 Å². The third kappa shape index (κ3) is 4.10. The lowest BCUT2D eigenvalue weighted by Crippen LogP contribution is -1.89. The zero-order valence-electron chi connectivity index (χ0n) is 6.63. The summed E-state index contributed by atoms with van der Waals surface area (Å²) < 4.78 is 4.94. The highest BCUT2D eigenvalue weighted by molar-refractivity contribution is 5.22. The lowest BCUT2D eigenvalue weighted by atomic mass is 10.2. The number of ether oxygens (including phenoxy) is 1. The Balaban J connectivity index is 3.96. The SMILES string of the molecule is C=C/C=C(\C=C/C)COC. The van der Waals surface area contributed by atoms with Crippen LogP contribution in [0.25, 0.3) is 0 Å². The summed E-state index contributed by atoms with van der Waals surface area (Å²) in [6.45, 7) is 6.23. The van der Waals surface area contributed by atoms with E-state index in [1.54, 1.807) is 13.2 Å². The summed E-state index contributed by atoms with van der Waals surface area (Å²) in [5.74, 6) is 0. The van der Waals surface area contributed by atoms with E-state index in [1.807, 2.05) is 25.2 Å². The minimum absolute atomic E-state index is 0.649. The quantitative estimate of drug-likeness (QED) is 0.542. The van der Waals surface area contributed by atoms with Crippen molar-refractivity contribution in [2.24, 2.45) is 0 Å². The van der Waals surface area contributed by atoms with Gasteiger partial charge in [0.25, 0.3) is 0 Å². The summed E-state index contributed by atoms with van der Waals surface area (Å²) in [6, 6.07) is 0. The lowest BCUT2D eigenvalue weighted by Gasteiger charge is -1.96. The molecule has 1 nitrogen and oxygen atoms in total. The molecule has 56 valence electrons. The van der Waals surface area contributed by atoms with Gasteiger partial charge >= 0.3 is 0 Å². The molecule has 0 amide bonds. The summed E-state index contributed by atoms with van der Waals surface area (Å²) >= 11 is 0. The zero-order chi connectivity index (χ0) is 7.82. The molecular weight excluding hydrogens is 124 g/mol. The highest BCUT2D eigenvalue weighted by Crippen LogP contribution is 1.96. The van der Waals surface area contributed by atoms with Crippen molar-refractivity contribution >= 4 is 0 Å². The summed E-state index contributed by atoms with van der Waals surface area (Å²) in [7, 11) is 1.68. The molecule has 0 aromatic heterocycles. The Bertz CT molecular complexity index is 143. The molecule has 0 rings (SSSR count). The van der Waals surface area contributed by atoms with Gasteiger partial charge in [-0.2, -0.15) is 0 Å². The molecule has 0 bridgehead atoms. The molecule has 0 aromatic rings. The van der Waals surface area contributed by atoms with Crippen LogP contribution < -0.4 is 0 Å².